The summed E-state index contributed by atoms with van der Waals surface area (Å²) in [6.45, 7) is 0. The fraction of sp³-hybridized carbons (Fsp3) is 0.0909. The van der Waals surface area contributed by atoms with E-state index in [4.69, 9.17) is 11.6 Å². The Balaban J connectivity index is 2.17. The van der Waals surface area contributed by atoms with Crippen molar-refractivity contribution in [3.8, 4) is 0 Å². The van der Waals surface area contributed by atoms with Gasteiger partial charge in [0.05, 0.1) is 4.92 Å². The number of aromatic amines is 1. The lowest BCUT2D eigenvalue weighted by Crippen LogP contribution is -2.05. The van der Waals surface area contributed by atoms with E-state index in [2.05, 4.69) is 9.97 Å². The zero-order chi connectivity index (χ0) is 13.8. The van der Waals surface area contributed by atoms with Crippen LogP contribution in [0.4, 0.5) is 5.69 Å². The van der Waals surface area contributed by atoms with Crippen molar-refractivity contribution in [2.45, 2.75) is 10.9 Å². The molecule has 1 aromatic heterocycles. The van der Waals surface area contributed by atoms with Crippen molar-refractivity contribution in [3.63, 3.8) is 0 Å². The topological polar surface area (TPSA) is 88.9 Å². The van der Waals surface area contributed by atoms with Crippen molar-refractivity contribution in [1.29, 1.82) is 0 Å². The molecular weight excluding hydrogens is 290 g/mol. The number of H-pyrrole nitrogens is 1. The molecule has 2 rings (SSSR count). The van der Waals surface area contributed by atoms with E-state index in [9.17, 15) is 14.9 Å². The number of rotatable bonds is 4. The second-order valence-electron chi connectivity index (χ2n) is 3.56. The summed E-state index contributed by atoms with van der Waals surface area (Å²) in [7, 11) is 0. The highest BCUT2D eigenvalue weighted by Crippen LogP contribution is 2.27. The lowest BCUT2D eigenvalue weighted by molar-refractivity contribution is -0.384. The van der Waals surface area contributed by atoms with Crippen LogP contribution in [-0.4, -0.2) is 14.9 Å². The first-order chi connectivity index (χ1) is 9.06. The monoisotopic (exact) mass is 297 g/mol. The number of thioether (sulfide) groups is 1. The molecule has 0 aliphatic carbocycles. The third-order valence-corrected chi connectivity index (χ3v) is 3.56. The van der Waals surface area contributed by atoms with Crippen LogP contribution in [0.5, 0.6) is 0 Å². The molecule has 8 heteroatoms. The van der Waals surface area contributed by atoms with Crippen LogP contribution < -0.4 is 5.56 Å². The second-order valence-corrected chi connectivity index (χ2v) is 4.93. The summed E-state index contributed by atoms with van der Waals surface area (Å²) in [4.78, 5) is 27.8. The summed E-state index contributed by atoms with van der Waals surface area (Å²) in [5.41, 5.74) is 0.351. The number of nitro groups is 1. The van der Waals surface area contributed by atoms with Gasteiger partial charge in [-0.25, -0.2) is 4.98 Å². The van der Waals surface area contributed by atoms with Gasteiger partial charge in [0.1, 0.15) is 0 Å². The van der Waals surface area contributed by atoms with E-state index in [1.807, 2.05) is 0 Å². The van der Waals surface area contributed by atoms with Crippen LogP contribution in [-0.2, 0) is 5.75 Å². The normalized spacial score (nSPS) is 10.4. The molecule has 2 aromatic rings. The van der Waals surface area contributed by atoms with Gasteiger partial charge in [-0.2, -0.15) is 0 Å². The minimum absolute atomic E-state index is 0.0190. The fourth-order valence-electron chi connectivity index (χ4n) is 1.36. The van der Waals surface area contributed by atoms with Crippen molar-refractivity contribution in [2.75, 3.05) is 0 Å². The minimum atomic E-state index is -0.479. The average molecular weight is 298 g/mol. The molecule has 0 fully saturated rings. The molecular formula is C11H8ClN3O3S. The molecule has 98 valence electrons. The largest absolute Gasteiger partial charge is 0.301 e. The molecule has 0 amide bonds. The number of nitrogens with zero attached hydrogens (tertiary/aromatic N) is 2. The SMILES string of the molecule is O=c1ccnc(SCc2cc([N+](=O)[O-])ccc2Cl)[nH]1. The molecule has 0 aliphatic rings. The molecule has 0 aliphatic heterocycles. The van der Waals surface area contributed by atoms with E-state index in [-0.39, 0.29) is 11.2 Å². The fourth-order valence-corrected chi connectivity index (χ4v) is 2.46. The average Bonchev–Trinajstić information content (AvgIpc) is 2.37. The second kappa shape index (κ2) is 5.85. The van der Waals surface area contributed by atoms with Crippen molar-refractivity contribution in [3.05, 3.63) is 61.5 Å². The van der Waals surface area contributed by atoms with Crippen LogP contribution in [0.2, 0.25) is 5.02 Å². The number of non-ortho nitro benzene ring substituents is 1. The van der Waals surface area contributed by atoms with Crippen LogP contribution in [0.1, 0.15) is 5.56 Å². The molecule has 0 bridgehead atoms. The molecule has 19 heavy (non-hydrogen) atoms. The Morgan fingerprint density at radius 2 is 2.21 bits per heavy atom. The number of aromatic nitrogens is 2. The number of nitro benzene ring substituents is 1. The van der Waals surface area contributed by atoms with Gasteiger partial charge in [0.25, 0.3) is 11.2 Å². The van der Waals surface area contributed by atoms with E-state index in [1.165, 1.54) is 42.2 Å². The first kappa shape index (κ1) is 13.6. The summed E-state index contributed by atoms with van der Waals surface area (Å²) in [5.74, 6) is 0.382. The van der Waals surface area contributed by atoms with Gasteiger partial charge in [0.2, 0.25) is 0 Å². The summed E-state index contributed by atoms with van der Waals surface area (Å²) in [5, 5.41) is 11.6. The van der Waals surface area contributed by atoms with Crippen LogP contribution in [0.15, 0.2) is 40.4 Å². The summed E-state index contributed by atoms with van der Waals surface area (Å²) < 4.78 is 0. The van der Waals surface area contributed by atoms with E-state index >= 15 is 0 Å². The molecule has 0 radical (unpaired) electrons. The number of halogens is 1. The van der Waals surface area contributed by atoms with Crippen molar-refractivity contribution in [1.82, 2.24) is 9.97 Å². The van der Waals surface area contributed by atoms with E-state index in [0.29, 0.717) is 21.5 Å². The summed E-state index contributed by atoms with van der Waals surface area (Å²) >= 11 is 7.22. The lowest BCUT2D eigenvalue weighted by Gasteiger charge is -2.03. The lowest BCUT2D eigenvalue weighted by atomic mass is 10.2. The minimum Gasteiger partial charge on any atom is -0.301 e. The zero-order valence-corrected chi connectivity index (χ0v) is 11.1. The Bertz CT molecular complexity index is 674. The van der Waals surface area contributed by atoms with Crippen molar-refractivity contribution in [2.24, 2.45) is 0 Å². The molecule has 0 spiro atoms. The quantitative estimate of drug-likeness (QED) is 0.405. The van der Waals surface area contributed by atoms with Gasteiger partial charge in [-0.1, -0.05) is 23.4 Å². The highest BCUT2D eigenvalue weighted by Gasteiger charge is 2.10. The maximum atomic E-state index is 11.1. The first-order valence-corrected chi connectivity index (χ1v) is 6.53. The zero-order valence-electron chi connectivity index (χ0n) is 9.50. The molecule has 0 saturated carbocycles. The van der Waals surface area contributed by atoms with Gasteiger partial charge >= 0.3 is 0 Å². The number of benzene rings is 1. The van der Waals surface area contributed by atoms with Crippen LogP contribution in [0.3, 0.4) is 0 Å². The molecule has 1 heterocycles. The third-order valence-electron chi connectivity index (χ3n) is 2.25. The molecule has 0 atom stereocenters. The number of hydrogen-bond acceptors (Lipinski definition) is 5. The number of hydrogen-bond donors (Lipinski definition) is 1. The Morgan fingerprint density at radius 3 is 2.89 bits per heavy atom. The van der Waals surface area contributed by atoms with E-state index < -0.39 is 4.92 Å². The predicted molar refractivity (Wildman–Crippen MR) is 72.5 cm³/mol. The molecule has 0 unspecified atom stereocenters. The highest BCUT2D eigenvalue weighted by atomic mass is 35.5. The van der Waals surface area contributed by atoms with Crippen LogP contribution in [0, 0.1) is 10.1 Å². The van der Waals surface area contributed by atoms with Gasteiger partial charge in [-0.05, 0) is 11.6 Å². The van der Waals surface area contributed by atoms with E-state index in [1.54, 1.807) is 0 Å². The maximum absolute atomic E-state index is 11.1. The van der Waals surface area contributed by atoms with Gasteiger partial charge in [0, 0.05) is 35.2 Å². The Morgan fingerprint density at radius 1 is 1.42 bits per heavy atom. The van der Waals surface area contributed by atoms with Crippen molar-refractivity contribution >= 4 is 29.1 Å². The summed E-state index contributed by atoms with van der Waals surface area (Å²) in [6, 6.07) is 5.55. The third kappa shape index (κ3) is 3.55. The predicted octanol–water partition coefficient (Wildman–Crippen LogP) is 2.62. The van der Waals surface area contributed by atoms with Gasteiger partial charge < -0.3 is 4.98 Å². The van der Waals surface area contributed by atoms with Crippen LogP contribution in [0.25, 0.3) is 0 Å². The highest BCUT2D eigenvalue weighted by molar-refractivity contribution is 7.98. The maximum Gasteiger partial charge on any atom is 0.269 e. The molecule has 6 nitrogen and oxygen atoms in total. The summed E-state index contributed by atoms with van der Waals surface area (Å²) in [6.07, 6.45) is 1.40. The van der Waals surface area contributed by atoms with Crippen molar-refractivity contribution < 1.29 is 4.92 Å². The Hall–Kier alpha value is -1.86. The Labute approximate surface area is 117 Å². The van der Waals surface area contributed by atoms with Gasteiger partial charge in [-0.3, -0.25) is 14.9 Å². The van der Waals surface area contributed by atoms with E-state index in [0.717, 1.165) is 0 Å². The Kier molecular flexibility index (Phi) is 4.18. The standard InChI is InChI=1S/C11H8ClN3O3S/c12-9-2-1-8(15(17)18)5-7(9)6-19-11-13-4-3-10(16)14-11/h1-5H,6H2,(H,13,14,16). The van der Waals surface area contributed by atoms with Gasteiger partial charge in [0.15, 0.2) is 5.16 Å². The van der Waals surface area contributed by atoms with Crippen LogP contribution >= 0.6 is 23.4 Å². The number of nitrogens with one attached hydrogen (secondary N) is 1. The van der Waals surface area contributed by atoms with Gasteiger partial charge in [-0.15, -0.1) is 0 Å². The molecule has 1 aromatic carbocycles. The first-order valence-electron chi connectivity index (χ1n) is 5.17. The molecule has 1 N–H and O–H groups in total. The molecule has 0 saturated heterocycles. The smallest absolute Gasteiger partial charge is 0.269 e.